The molecule has 0 spiro atoms. The molecule has 0 bridgehead atoms. The highest BCUT2D eigenvalue weighted by Gasteiger charge is 2.25. The second-order valence-electron chi connectivity index (χ2n) is 4.32. The molecule has 0 saturated heterocycles. The summed E-state index contributed by atoms with van der Waals surface area (Å²) in [5, 5.41) is 10.5. The van der Waals surface area contributed by atoms with E-state index in [9.17, 15) is 17.2 Å². The molecule has 2 rings (SSSR count). The van der Waals surface area contributed by atoms with Crippen LogP contribution in [0, 0.1) is 6.92 Å². The van der Waals surface area contributed by atoms with Crippen molar-refractivity contribution in [2.75, 3.05) is 0 Å². The van der Waals surface area contributed by atoms with E-state index in [1.165, 1.54) is 13.3 Å². The molecule has 7 nitrogen and oxygen atoms in total. The van der Waals surface area contributed by atoms with Gasteiger partial charge in [-0.1, -0.05) is 10.4 Å². The van der Waals surface area contributed by atoms with E-state index in [4.69, 9.17) is 0 Å². The summed E-state index contributed by atoms with van der Waals surface area (Å²) in [6, 6.07) is 0. The predicted octanol–water partition coefficient (Wildman–Crippen LogP) is 1.16. The number of sulfone groups is 1. The molecule has 0 saturated carbocycles. The van der Waals surface area contributed by atoms with Crippen LogP contribution in [0.2, 0.25) is 0 Å². The van der Waals surface area contributed by atoms with Crippen LogP contribution in [0.4, 0.5) is 8.78 Å². The molecule has 0 unspecified atom stereocenters. The average Bonchev–Trinajstić information content (AvgIpc) is 2.85. The molecule has 0 fully saturated rings. The Labute approximate surface area is 113 Å². The third kappa shape index (κ3) is 3.00. The number of hydrogen-bond acceptors (Lipinski definition) is 6. The van der Waals surface area contributed by atoms with Gasteiger partial charge in [-0.3, -0.25) is 0 Å². The third-order valence-electron chi connectivity index (χ3n) is 2.71. The Morgan fingerprint density at radius 2 is 2.00 bits per heavy atom. The monoisotopic (exact) mass is 306 g/mol. The number of hydrogen-bond donors (Lipinski definition) is 0. The zero-order chi connectivity index (χ0) is 14.9. The standard InChI is InChI=1S/C10H12F2N4O3S/c1-6-3-19-14-7(6)4-20(17,18)5-8-9(10(11)12)16(2)15-13-8/h3,10H,4-5H2,1-2H3. The molecule has 0 aliphatic heterocycles. The summed E-state index contributed by atoms with van der Waals surface area (Å²) in [7, 11) is -2.41. The van der Waals surface area contributed by atoms with Gasteiger partial charge in [0.2, 0.25) is 0 Å². The highest BCUT2D eigenvalue weighted by atomic mass is 32.2. The van der Waals surface area contributed by atoms with E-state index in [1.807, 2.05) is 0 Å². The average molecular weight is 306 g/mol. The highest BCUT2D eigenvalue weighted by Crippen LogP contribution is 2.23. The maximum atomic E-state index is 12.8. The lowest BCUT2D eigenvalue weighted by molar-refractivity contribution is 0.140. The maximum absolute atomic E-state index is 12.8. The Balaban J connectivity index is 2.23. The predicted molar refractivity (Wildman–Crippen MR) is 63.5 cm³/mol. The van der Waals surface area contributed by atoms with Crippen molar-refractivity contribution in [2.45, 2.75) is 24.9 Å². The summed E-state index contributed by atoms with van der Waals surface area (Å²) in [6.45, 7) is 1.65. The van der Waals surface area contributed by atoms with Gasteiger partial charge in [-0.05, 0) is 6.92 Å². The number of halogens is 2. The Kier molecular flexibility index (Phi) is 3.84. The van der Waals surface area contributed by atoms with Gasteiger partial charge in [-0.25, -0.2) is 21.9 Å². The molecule has 0 aromatic carbocycles. The van der Waals surface area contributed by atoms with Crippen LogP contribution in [-0.4, -0.2) is 28.6 Å². The van der Waals surface area contributed by atoms with Crippen LogP contribution in [0.3, 0.4) is 0 Å². The van der Waals surface area contributed by atoms with E-state index in [0.29, 0.717) is 5.56 Å². The van der Waals surface area contributed by atoms with Gasteiger partial charge in [0.05, 0.1) is 11.5 Å². The third-order valence-corrected chi connectivity index (χ3v) is 4.14. The molecule has 20 heavy (non-hydrogen) atoms. The molecular weight excluding hydrogens is 294 g/mol. The van der Waals surface area contributed by atoms with Crippen LogP contribution >= 0.6 is 0 Å². The quantitative estimate of drug-likeness (QED) is 0.823. The number of alkyl halides is 2. The van der Waals surface area contributed by atoms with Crippen LogP contribution < -0.4 is 0 Å². The molecule has 2 aromatic rings. The van der Waals surface area contributed by atoms with E-state index >= 15 is 0 Å². The van der Waals surface area contributed by atoms with Gasteiger partial charge in [0, 0.05) is 12.6 Å². The van der Waals surface area contributed by atoms with Gasteiger partial charge in [0.15, 0.2) is 9.84 Å². The van der Waals surface area contributed by atoms with Crippen LogP contribution in [0.5, 0.6) is 0 Å². The van der Waals surface area contributed by atoms with Gasteiger partial charge >= 0.3 is 0 Å². The van der Waals surface area contributed by atoms with Crippen molar-refractivity contribution in [1.29, 1.82) is 0 Å². The minimum atomic E-state index is -3.69. The topological polar surface area (TPSA) is 90.9 Å². The molecule has 2 heterocycles. The Bertz CT molecular complexity index is 708. The smallest absolute Gasteiger partial charge is 0.281 e. The fraction of sp³-hybridized carbons (Fsp3) is 0.500. The van der Waals surface area contributed by atoms with Gasteiger partial charge < -0.3 is 4.52 Å². The molecule has 10 heteroatoms. The zero-order valence-electron chi connectivity index (χ0n) is 10.7. The van der Waals surface area contributed by atoms with Crippen LogP contribution in [0.15, 0.2) is 10.8 Å². The fourth-order valence-corrected chi connectivity index (χ4v) is 3.12. The second kappa shape index (κ2) is 5.27. The van der Waals surface area contributed by atoms with Crippen molar-refractivity contribution in [1.82, 2.24) is 20.2 Å². The lowest BCUT2D eigenvalue weighted by atomic mass is 10.3. The highest BCUT2D eigenvalue weighted by molar-refractivity contribution is 7.89. The molecule has 2 aromatic heterocycles. The molecule has 0 atom stereocenters. The number of aryl methyl sites for hydroxylation is 2. The first kappa shape index (κ1) is 14.6. The number of aromatic nitrogens is 4. The minimum Gasteiger partial charge on any atom is -0.364 e. The molecule has 0 N–H and O–H groups in total. The molecule has 110 valence electrons. The van der Waals surface area contributed by atoms with Crippen molar-refractivity contribution < 1.29 is 21.7 Å². The molecule has 0 aliphatic carbocycles. The first-order chi connectivity index (χ1) is 9.30. The van der Waals surface area contributed by atoms with E-state index in [-0.39, 0.29) is 11.4 Å². The first-order valence-corrected chi connectivity index (χ1v) is 7.39. The summed E-state index contributed by atoms with van der Waals surface area (Å²) >= 11 is 0. The summed E-state index contributed by atoms with van der Waals surface area (Å²) in [4.78, 5) is 0. The lowest BCUT2D eigenvalue weighted by Crippen LogP contribution is -2.11. The van der Waals surface area contributed by atoms with Crippen molar-refractivity contribution in [3.05, 3.63) is 28.9 Å². The lowest BCUT2D eigenvalue weighted by Gasteiger charge is -2.04. The molecule has 0 aliphatic rings. The SMILES string of the molecule is Cc1conc1CS(=O)(=O)Cc1nnn(C)c1C(F)F. The van der Waals surface area contributed by atoms with Gasteiger partial charge in [0.25, 0.3) is 6.43 Å². The van der Waals surface area contributed by atoms with Gasteiger partial charge in [-0.15, -0.1) is 5.10 Å². The minimum absolute atomic E-state index is 0.247. The van der Waals surface area contributed by atoms with Crippen molar-refractivity contribution in [2.24, 2.45) is 7.05 Å². The van der Waals surface area contributed by atoms with Crippen molar-refractivity contribution >= 4 is 9.84 Å². The summed E-state index contributed by atoms with van der Waals surface area (Å²) in [5.41, 5.74) is 0.100. The Morgan fingerprint density at radius 3 is 2.55 bits per heavy atom. The van der Waals surface area contributed by atoms with Gasteiger partial charge in [0.1, 0.15) is 23.3 Å². The Morgan fingerprint density at radius 1 is 1.35 bits per heavy atom. The zero-order valence-corrected chi connectivity index (χ0v) is 11.6. The number of rotatable bonds is 5. The normalized spacial score (nSPS) is 12.2. The molecule has 0 radical (unpaired) electrons. The van der Waals surface area contributed by atoms with E-state index in [2.05, 4.69) is 20.0 Å². The fourth-order valence-electron chi connectivity index (χ4n) is 1.69. The van der Waals surface area contributed by atoms with Crippen molar-refractivity contribution in [3.8, 4) is 0 Å². The summed E-state index contributed by atoms with van der Waals surface area (Å²) < 4.78 is 55.1. The largest absolute Gasteiger partial charge is 0.364 e. The van der Waals surface area contributed by atoms with E-state index in [0.717, 1.165) is 4.68 Å². The first-order valence-electron chi connectivity index (χ1n) is 5.57. The van der Waals surface area contributed by atoms with E-state index in [1.54, 1.807) is 6.92 Å². The van der Waals surface area contributed by atoms with E-state index < -0.39 is 33.5 Å². The number of nitrogens with zero attached hydrogens (tertiary/aromatic N) is 4. The molecule has 0 amide bonds. The summed E-state index contributed by atoms with van der Waals surface area (Å²) in [5.74, 6) is -1.01. The summed E-state index contributed by atoms with van der Waals surface area (Å²) in [6.07, 6.45) is -1.52. The van der Waals surface area contributed by atoms with Crippen LogP contribution in [0.25, 0.3) is 0 Å². The van der Waals surface area contributed by atoms with Gasteiger partial charge in [-0.2, -0.15) is 0 Å². The molecular formula is C10H12F2N4O3S. The van der Waals surface area contributed by atoms with Crippen LogP contribution in [-0.2, 0) is 28.4 Å². The maximum Gasteiger partial charge on any atom is 0.281 e. The Hall–Kier alpha value is -1.84. The second-order valence-corrected chi connectivity index (χ2v) is 6.39. The van der Waals surface area contributed by atoms with Crippen molar-refractivity contribution in [3.63, 3.8) is 0 Å². The van der Waals surface area contributed by atoms with Crippen LogP contribution in [0.1, 0.15) is 29.1 Å².